The van der Waals surface area contributed by atoms with Crippen LogP contribution in [0.2, 0.25) is 5.15 Å². The van der Waals surface area contributed by atoms with Gasteiger partial charge in [-0.1, -0.05) is 65.4 Å². The van der Waals surface area contributed by atoms with E-state index in [9.17, 15) is 14.4 Å². The van der Waals surface area contributed by atoms with Crippen LogP contribution in [0.3, 0.4) is 0 Å². The number of nitrogens with zero attached hydrogens (tertiary/aromatic N) is 2. The van der Waals surface area contributed by atoms with E-state index in [1.54, 1.807) is 24.3 Å². The van der Waals surface area contributed by atoms with Gasteiger partial charge in [-0.2, -0.15) is 0 Å². The second kappa shape index (κ2) is 10.8. The van der Waals surface area contributed by atoms with E-state index < -0.39 is 11.2 Å². The van der Waals surface area contributed by atoms with Gasteiger partial charge in [-0.25, -0.2) is 4.79 Å². The average molecular weight is 466 g/mol. The molecule has 33 heavy (non-hydrogen) atoms. The zero-order chi connectivity index (χ0) is 24.0. The van der Waals surface area contributed by atoms with Gasteiger partial charge in [-0.05, 0) is 36.6 Å². The van der Waals surface area contributed by atoms with Gasteiger partial charge in [0.25, 0.3) is 5.56 Å². The van der Waals surface area contributed by atoms with Crippen molar-refractivity contribution < 1.29 is 9.90 Å². The van der Waals surface area contributed by atoms with E-state index in [1.807, 2.05) is 31.2 Å². The van der Waals surface area contributed by atoms with Gasteiger partial charge in [0.15, 0.2) is 0 Å². The molecule has 0 unspecified atom stereocenters. The first-order valence-electron chi connectivity index (χ1n) is 10.3. The highest BCUT2D eigenvalue weighted by Gasteiger charge is 2.17. The molecule has 8 heteroatoms. The predicted octanol–water partition coefficient (Wildman–Crippen LogP) is 2.62. The number of hydrogen-bond acceptors (Lipinski definition) is 4. The molecule has 0 radical (unpaired) electrons. The van der Waals surface area contributed by atoms with Crippen LogP contribution in [0, 0.1) is 18.8 Å². The molecule has 0 aliphatic heterocycles. The quantitative estimate of drug-likeness (QED) is 0.432. The number of amides is 1. The molecule has 0 atom stereocenters. The number of carbonyl (C=O) groups is 1. The molecule has 170 valence electrons. The maximum atomic E-state index is 12.6. The molecule has 0 spiro atoms. The lowest BCUT2D eigenvalue weighted by atomic mass is 10.1. The SMILES string of the molecule is Cc1ccc(CCC(=O)Nc2c(Cl)n(CC#Cc3ccc(CO)cc3)c(=O)n(C)c2=O)cc1. The van der Waals surface area contributed by atoms with Crippen molar-refractivity contribution in [2.45, 2.75) is 32.9 Å². The van der Waals surface area contributed by atoms with Gasteiger partial charge in [0, 0.05) is 19.0 Å². The predicted molar refractivity (Wildman–Crippen MR) is 128 cm³/mol. The summed E-state index contributed by atoms with van der Waals surface area (Å²) in [6.07, 6.45) is 0.662. The first-order chi connectivity index (χ1) is 15.8. The maximum Gasteiger partial charge on any atom is 0.332 e. The fourth-order valence-corrected chi connectivity index (χ4v) is 3.37. The molecule has 2 aromatic carbocycles. The Morgan fingerprint density at radius 1 is 1.06 bits per heavy atom. The summed E-state index contributed by atoms with van der Waals surface area (Å²) in [7, 11) is 1.32. The van der Waals surface area contributed by atoms with Crippen LogP contribution < -0.4 is 16.6 Å². The van der Waals surface area contributed by atoms with Crippen LogP contribution in [-0.4, -0.2) is 20.1 Å². The molecule has 1 aromatic heterocycles. The van der Waals surface area contributed by atoms with Crippen LogP contribution in [0.25, 0.3) is 0 Å². The number of aliphatic hydroxyl groups is 1. The van der Waals surface area contributed by atoms with Crippen molar-refractivity contribution in [2.24, 2.45) is 7.05 Å². The topological polar surface area (TPSA) is 93.3 Å². The van der Waals surface area contributed by atoms with E-state index in [-0.39, 0.29) is 36.3 Å². The minimum atomic E-state index is -0.683. The van der Waals surface area contributed by atoms with Gasteiger partial charge in [-0.15, -0.1) is 0 Å². The first-order valence-corrected chi connectivity index (χ1v) is 10.7. The van der Waals surface area contributed by atoms with E-state index >= 15 is 0 Å². The first kappa shape index (κ1) is 24.1. The highest BCUT2D eigenvalue weighted by molar-refractivity contribution is 6.32. The number of anilines is 1. The average Bonchev–Trinajstić information content (AvgIpc) is 2.82. The smallest absolute Gasteiger partial charge is 0.332 e. The van der Waals surface area contributed by atoms with Crippen LogP contribution >= 0.6 is 11.6 Å². The molecule has 1 heterocycles. The zero-order valence-electron chi connectivity index (χ0n) is 18.4. The summed E-state index contributed by atoms with van der Waals surface area (Å²) in [5.74, 6) is 5.38. The largest absolute Gasteiger partial charge is 0.392 e. The normalized spacial score (nSPS) is 10.4. The lowest BCUT2D eigenvalue weighted by molar-refractivity contribution is -0.116. The fraction of sp³-hybridized carbons (Fsp3) is 0.240. The van der Waals surface area contributed by atoms with E-state index in [0.29, 0.717) is 12.0 Å². The maximum absolute atomic E-state index is 12.6. The highest BCUT2D eigenvalue weighted by atomic mass is 35.5. The van der Waals surface area contributed by atoms with Crippen LogP contribution in [-0.2, 0) is 31.4 Å². The standard InChI is InChI=1S/C25H24ClN3O4/c1-17-5-7-19(8-6-17)13-14-21(31)27-22-23(26)29(25(33)28(2)24(22)32)15-3-4-18-9-11-20(16-30)12-10-18/h5-12,30H,13-16H2,1-2H3,(H,27,31). The highest BCUT2D eigenvalue weighted by Crippen LogP contribution is 2.16. The molecule has 2 N–H and O–H groups in total. The van der Waals surface area contributed by atoms with Crippen molar-refractivity contribution in [3.05, 3.63) is 96.8 Å². The number of halogens is 1. The number of rotatable bonds is 6. The van der Waals surface area contributed by atoms with Crippen molar-refractivity contribution in [1.82, 2.24) is 9.13 Å². The van der Waals surface area contributed by atoms with Gasteiger partial charge < -0.3 is 10.4 Å². The third-order valence-corrected chi connectivity index (χ3v) is 5.50. The number of aryl methyl sites for hydroxylation is 2. The molecule has 3 aromatic rings. The molecule has 7 nitrogen and oxygen atoms in total. The monoisotopic (exact) mass is 465 g/mol. The number of carbonyl (C=O) groups excluding carboxylic acids is 1. The van der Waals surface area contributed by atoms with Gasteiger partial charge in [-0.3, -0.25) is 18.7 Å². The summed E-state index contributed by atoms with van der Waals surface area (Å²) >= 11 is 6.33. The van der Waals surface area contributed by atoms with E-state index in [4.69, 9.17) is 16.7 Å². The number of hydrogen-bond donors (Lipinski definition) is 2. The number of benzene rings is 2. The molecule has 1 amide bonds. The van der Waals surface area contributed by atoms with Crippen molar-refractivity contribution in [2.75, 3.05) is 5.32 Å². The van der Waals surface area contributed by atoms with Crippen LogP contribution in [0.15, 0.2) is 58.1 Å². The molecule has 3 rings (SSSR count). The van der Waals surface area contributed by atoms with Gasteiger partial charge >= 0.3 is 5.69 Å². The summed E-state index contributed by atoms with van der Waals surface area (Å²) in [6.45, 7) is 1.86. The third kappa shape index (κ3) is 6.01. The molecule has 0 aliphatic rings. The Morgan fingerprint density at radius 2 is 1.70 bits per heavy atom. The Kier molecular flexibility index (Phi) is 7.88. The lowest BCUT2D eigenvalue weighted by Gasteiger charge is -2.13. The molecular formula is C25H24ClN3O4. The lowest BCUT2D eigenvalue weighted by Crippen LogP contribution is -2.40. The molecule has 0 saturated carbocycles. The van der Waals surface area contributed by atoms with Gasteiger partial charge in [0.2, 0.25) is 5.91 Å². The third-order valence-electron chi connectivity index (χ3n) is 5.11. The number of nitrogens with one attached hydrogen (secondary N) is 1. The van der Waals surface area contributed by atoms with Crippen LogP contribution in [0.5, 0.6) is 0 Å². The molecule has 0 saturated heterocycles. The molecular weight excluding hydrogens is 442 g/mol. The summed E-state index contributed by atoms with van der Waals surface area (Å²) in [5.41, 5.74) is 2.13. The second-order valence-corrected chi connectivity index (χ2v) is 7.95. The zero-order valence-corrected chi connectivity index (χ0v) is 19.1. The summed E-state index contributed by atoms with van der Waals surface area (Å²) in [5, 5.41) is 11.5. The second-order valence-electron chi connectivity index (χ2n) is 7.59. The minimum Gasteiger partial charge on any atom is -0.392 e. The Balaban J connectivity index is 1.78. The minimum absolute atomic E-state index is 0.0593. The van der Waals surface area contributed by atoms with Gasteiger partial charge in [0.1, 0.15) is 10.8 Å². The van der Waals surface area contributed by atoms with Crippen LogP contribution in [0.1, 0.15) is 28.7 Å². The molecule has 0 fully saturated rings. The van der Waals surface area contributed by atoms with E-state index in [1.165, 1.54) is 7.05 Å². The van der Waals surface area contributed by atoms with Crippen molar-refractivity contribution in [3.63, 3.8) is 0 Å². The van der Waals surface area contributed by atoms with Crippen molar-refractivity contribution in [1.29, 1.82) is 0 Å². The number of aromatic nitrogens is 2. The van der Waals surface area contributed by atoms with Crippen LogP contribution in [0.4, 0.5) is 5.69 Å². The van der Waals surface area contributed by atoms with E-state index in [2.05, 4.69) is 17.2 Å². The summed E-state index contributed by atoms with van der Waals surface area (Å²) in [6, 6.07) is 14.8. The molecule has 0 bridgehead atoms. The molecule has 0 aliphatic carbocycles. The Labute approximate surface area is 196 Å². The summed E-state index contributed by atoms with van der Waals surface area (Å²) in [4.78, 5) is 37.6. The van der Waals surface area contributed by atoms with E-state index in [0.717, 1.165) is 25.8 Å². The Morgan fingerprint density at radius 3 is 2.33 bits per heavy atom. The summed E-state index contributed by atoms with van der Waals surface area (Å²) < 4.78 is 2.02. The number of aliphatic hydroxyl groups excluding tert-OH is 1. The Hall–Kier alpha value is -3.60. The van der Waals surface area contributed by atoms with Gasteiger partial charge in [0.05, 0.1) is 13.2 Å². The van der Waals surface area contributed by atoms with Crippen molar-refractivity contribution in [3.8, 4) is 11.8 Å². The van der Waals surface area contributed by atoms with Crippen molar-refractivity contribution >= 4 is 23.2 Å². The fourth-order valence-electron chi connectivity index (χ4n) is 3.11. The Bertz CT molecular complexity index is 1330.